The van der Waals surface area contributed by atoms with Crippen LogP contribution >= 0.6 is 0 Å². The number of carbonyl (C=O) groups is 3. The lowest BCUT2D eigenvalue weighted by atomic mass is 10.0. The van der Waals surface area contributed by atoms with Crippen LogP contribution in [-0.2, 0) is 19.1 Å². The fraction of sp³-hybridized carbons (Fsp3) is 0.167. The van der Waals surface area contributed by atoms with Gasteiger partial charge in [0.25, 0.3) is 11.8 Å². The van der Waals surface area contributed by atoms with Crippen LogP contribution in [0.15, 0.2) is 102 Å². The third-order valence-corrected chi connectivity index (χ3v) is 6.12. The fourth-order valence-corrected chi connectivity index (χ4v) is 4.24. The van der Waals surface area contributed by atoms with Crippen molar-refractivity contribution in [3.8, 4) is 5.75 Å². The van der Waals surface area contributed by atoms with Gasteiger partial charge in [-0.3, -0.25) is 9.59 Å². The Bertz CT molecular complexity index is 1350. The van der Waals surface area contributed by atoms with Crippen LogP contribution in [0.2, 0.25) is 0 Å². The molecule has 1 N–H and O–H groups in total. The van der Waals surface area contributed by atoms with Gasteiger partial charge in [0.05, 0.1) is 24.3 Å². The SMILES string of the molecule is COC(=O)C1=C(C)N([C@H](C)c2ccccc2)C(=O)/C1=C\c1ccc(OCC(=O)Nc2ccccc2)cc1. The molecule has 1 aliphatic rings. The highest BCUT2D eigenvalue weighted by molar-refractivity contribution is 6.16. The highest BCUT2D eigenvalue weighted by Gasteiger charge is 2.39. The molecule has 7 heteroatoms. The molecule has 1 aliphatic heterocycles. The quantitative estimate of drug-likeness (QED) is 0.345. The minimum absolute atomic E-state index is 0.144. The number of amides is 2. The molecule has 188 valence electrons. The van der Waals surface area contributed by atoms with Crippen LogP contribution in [0.5, 0.6) is 5.75 Å². The van der Waals surface area contributed by atoms with Gasteiger partial charge in [-0.25, -0.2) is 4.79 Å². The zero-order valence-electron chi connectivity index (χ0n) is 20.9. The average Bonchev–Trinajstić information content (AvgIpc) is 3.17. The molecule has 0 radical (unpaired) electrons. The zero-order valence-corrected chi connectivity index (χ0v) is 20.9. The van der Waals surface area contributed by atoms with E-state index in [1.165, 1.54) is 7.11 Å². The van der Waals surface area contributed by atoms with E-state index in [-0.39, 0.29) is 35.6 Å². The lowest BCUT2D eigenvalue weighted by molar-refractivity contribution is -0.136. The number of rotatable bonds is 8. The van der Waals surface area contributed by atoms with Gasteiger partial charge in [-0.15, -0.1) is 0 Å². The maximum Gasteiger partial charge on any atom is 0.340 e. The number of anilines is 1. The topological polar surface area (TPSA) is 84.9 Å². The van der Waals surface area contributed by atoms with Gasteiger partial charge in [-0.2, -0.15) is 0 Å². The van der Waals surface area contributed by atoms with Gasteiger partial charge in [0.1, 0.15) is 5.75 Å². The first kappa shape index (κ1) is 25.4. The number of carbonyl (C=O) groups excluding carboxylic acids is 3. The monoisotopic (exact) mass is 496 g/mol. The third-order valence-electron chi connectivity index (χ3n) is 6.12. The Morgan fingerprint density at radius 2 is 1.57 bits per heavy atom. The number of nitrogens with one attached hydrogen (secondary N) is 1. The summed E-state index contributed by atoms with van der Waals surface area (Å²) in [7, 11) is 1.30. The minimum Gasteiger partial charge on any atom is -0.484 e. The second-order valence-electron chi connectivity index (χ2n) is 8.54. The summed E-state index contributed by atoms with van der Waals surface area (Å²) in [5.74, 6) is -0.608. The summed E-state index contributed by atoms with van der Waals surface area (Å²) in [5.41, 5.74) is 3.41. The number of hydrogen-bond donors (Lipinski definition) is 1. The Morgan fingerprint density at radius 3 is 2.19 bits per heavy atom. The smallest absolute Gasteiger partial charge is 0.340 e. The Balaban J connectivity index is 1.51. The van der Waals surface area contributed by atoms with E-state index in [0.29, 0.717) is 22.7 Å². The highest BCUT2D eigenvalue weighted by atomic mass is 16.5. The van der Waals surface area contributed by atoms with E-state index in [9.17, 15) is 14.4 Å². The maximum absolute atomic E-state index is 13.5. The second-order valence-corrected chi connectivity index (χ2v) is 8.54. The molecule has 1 atom stereocenters. The number of para-hydroxylation sites is 1. The first-order valence-corrected chi connectivity index (χ1v) is 11.9. The normalized spacial score (nSPS) is 15.1. The number of nitrogens with zero attached hydrogens (tertiary/aromatic N) is 1. The molecule has 0 spiro atoms. The van der Waals surface area contributed by atoms with Gasteiger partial charge in [-0.1, -0.05) is 60.7 Å². The number of ether oxygens (including phenoxy) is 2. The minimum atomic E-state index is -0.566. The molecule has 0 saturated heterocycles. The largest absolute Gasteiger partial charge is 0.484 e. The maximum atomic E-state index is 13.5. The first-order valence-electron chi connectivity index (χ1n) is 11.9. The van der Waals surface area contributed by atoms with Crippen LogP contribution in [0.25, 0.3) is 6.08 Å². The Labute approximate surface area is 216 Å². The molecular weight excluding hydrogens is 468 g/mol. The van der Waals surface area contributed by atoms with Gasteiger partial charge < -0.3 is 19.7 Å². The third kappa shape index (κ3) is 5.78. The van der Waals surface area contributed by atoms with Crippen molar-refractivity contribution in [1.29, 1.82) is 0 Å². The number of hydrogen-bond acceptors (Lipinski definition) is 5. The first-order chi connectivity index (χ1) is 17.9. The Morgan fingerprint density at radius 1 is 0.946 bits per heavy atom. The van der Waals surface area contributed by atoms with Crippen LogP contribution in [0.3, 0.4) is 0 Å². The number of esters is 1. The lowest BCUT2D eigenvalue weighted by Gasteiger charge is -2.26. The predicted molar refractivity (Wildman–Crippen MR) is 141 cm³/mol. The predicted octanol–water partition coefficient (Wildman–Crippen LogP) is 5.14. The molecule has 0 bridgehead atoms. The van der Waals surface area contributed by atoms with E-state index >= 15 is 0 Å². The summed E-state index contributed by atoms with van der Waals surface area (Å²) >= 11 is 0. The summed E-state index contributed by atoms with van der Waals surface area (Å²) in [6.07, 6.45) is 1.67. The Hall–Kier alpha value is -4.65. The summed E-state index contributed by atoms with van der Waals surface area (Å²) in [6.45, 7) is 3.53. The molecule has 0 aliphatic carbocycles. The van der Waals surface area contributed by atoms with E-state index < -0.39 is 5.97 Å². The molecule has 0 aromatic heterocycles. The molecule has 3 aromatic rings. The second kappa shape index (κ2) is 11.4. The van der Waals surface area contributed by atoms with Gasteiger partial charge in [0, 0.05) is 11.4 Å². The van der Waals surface area contributed by atoms with E-state index in [1.54, 1.807) is 54.3 Å². The molecular formula is C30H28N2O5. The van der Waals surface area contributed by atoms with Crippen LogP contribution in [0.1, 0.15) is 31.0 Å². The van der Waals surface area contributed by atoms with Gasteiger partial charge >= 0.3 is 5.97 Å². The summed E-state index contributed by atoms with van der Waals surface area (Å²) in [6, 6.07) is 25.5. The Kier molecular flexibility index (Phi) is 7.83. The molecule has 0 fully saturated rings. The van der Waals surface area contributed by atoms with E-state index in [4.69, 9.17) is 9.47 Å². The molecule has 0 saturated carbocycles. The molecule has 2 amide bonds. The number of methoxy groups -OCH3 is 1. The molecule has 1 heterocycles. The summed E-state index contributed by atoms with van der Waals surface area (Å²) in [4.78, 5) is 39.9. The van der Waals surface area contributed by atoms with Crippen molar-refractivity contribution in [3.63, 3.8) is 0 Å². The van der Waals surface area contributed by atoms with Gasteiger partial charge in [0.15, 0.2) is 6.61 Å². The summed E-state index contributed by atoms with van der Waals surface area (Å²) < 4.78 is 10.6. The molecule has 37 heavy (non-hydrogen) atoms. The fourth-order valence-electron chi connectivity index (χ4n) is 4.24. The van der Waals surface area contributed by atoms with Gasteiger partial charge in [0.2, 0.25) is 0 Å². The van der Waals surface area contributed by atoms with Crippen LogP contribution < -0.4 is 10.1 Å². The van der Waals surface area contributed by atoms with Crippen LogP contribution in [-0.4, -0.2) is 36.4 Å². The molecule has 3 aromatic carbocycles. The van der Waals surface area contributed by atoms with Crippen molar-refractivity contribution in [2.45, 2.75) is 19.9 Å². The van der Waals surface area contributed by atoms with E-state index in [0.717, 1.165) is 5.56 Å². The zero-order chi connectivity index (χ0) is 26.4. The molecule has 0 unspecified atom stereocenters. The molecule has 7 nitrogen and oxygen atoms in total. The standard InChI is InChI=1S/C30H28N2O5/c1-20(23-10-6-4-7-11-23)32-21(2)28(30(35)36-3)26(29(32)34)18-22-14-16-25(17-15-22)37-19-27(33)31-24-12-8-5-9-13-24/h4-18,20H,19H2,1-3H3,(H,31,33)/b26-18-/t20-/m1/s1. The van der Waals surface area contributed by atoms with E-state index in [1.807, 2.05) is 55.5 Å². The van der Waals surface area contributed by atoms with Crippen molar-refractivity contribution >= 4 is 29.5 Å². The van der Waals surface area contributed by atoms with E-state index in [2.05, 4.69) is 5.32 Å². The van der Waals surface area contributed by atoms with Crippen molar-refractivity contribution in [2.24, 2.45) is 0 Å². The average molecular weight is 497 g/mol. The molecule has 4 rings (SSSR count). The van der Waals surface area contributed by atoms with Crippen LogP contribution in [0.4, 0.5) is 5.69 Å². The van der Waals surface area contributed by atoms with Crippen molar-refractivity contribution in [1.82, 2.24) is 4.90 Å². The number of benzene rings is 3. The number of allylic oxidation sites excluding steroid dienone is 1. The van der Waals surface area contributed by atoms with Crippen molar-refractivity contribution in [2.75, 3.05) is 19.0 Å². The van der Waals surface area contributed by atoms with Crippen molar-refractivity contribution < 1.29 is 23.9 Å². The summed E-state index contributed by atoms with van der Waals surface area (Å²) in [5, 5.41) is 2.76. The van der Waals surface area contributed by atoms with Crippen LogP contribution in [0, 0.1) is 0 Å². The highest BCUT2D eigenvalue weighted by Crippen LogP contribution is 2.37. The van der Waals surface area contributed by atoms with Gasteiger partial charge in [-0.05, 0) is 55.3 Å². The lowest BCUT2D eigenvalue weighted by Crippen LogP contribution is -2.28. The van der Waals surface area contributed by atoms with Crippen molar-refractivity contribution in [3.05, 3.63) is 113 Å².